The topological polar surface area (TPSA) is 80.9 Å². The van der Waals surface area contributed by atoms with Gasteiger partial charge in [0.05, 0.1) is 0 Å². The molecule has 0 unspecified atom stereocenters. The molecule has 6 nitrogen and oxygen atoms in total. The molecule has 2 heterocycles. The first-order valence-electron chi connectivity index (χ1n) is 5.28. The monoisotopic (exact) mass is 230 g/mol. The Hall–Kier alpha value is -2.24. The molecule has 0 aromatic carbocycles. The standard InChI is InChI=1S/C11H10N4O2/c16-10(17)11(3-4-11)15-7-13-14-9(15)8-1-5-12-6-2-8/h1-2,5-7H,3-4H2,(H,16,17). The minimum absolute atomic E-state index is 0.576. The third-order valence-corrected chi connectivity index (χ3v) is 3.07. The minimum atomic E-state index is -0.845. The Bertz CT molecular complexity index is 560. The third-order valence-electron chi connectivity index (χ3n) is 3.07. The van der Waals surface area contributed by atoms with Crippen LogP contribution in [0, 0.1) is 0 Å². The van der Waals surface area contributed by atoms with Crippen LogP contribution in [0.3, 0.4) is 0 Å². The Morgan fingerprint density at radius 3 is 2.65 bits per heavy atom. The predicted octanol–water partition coefficient (Wildman–Crippen LogP) is 0.914. The molecule has 2 aromatic heterocycles. The highest BCUT2D eigenvalue weighted by atomic mass is 16.4. The summed E-state index contributed by atoms with van der Waals surface area (Å²) in [6.45, 7) is 0. The maximum Gasteiger partial charge on any atom is 0.329 e. The predicted molar refractivity (Wildman–Crippen MR) is 58.1 cm³/mol. The summed E-state index contributed by atoms with van der Waals surface area (Å²) in [5, 5.41) is 17.1. The third kappa shape index (κ3) is 1.41. The highest BCUT2D eigenvalue weighted by Crippen LogP contribution is 2.45. The highest BCUT2D eigenvalue weighted by Gasteiger charge is 2.53. The average Bonchev–Trinajstić information content (AvgIpc) is 3.02. The van der Waals surface area contributed by atoms with E-state index >= 15 is 0 Å². The number of carbonyl (C=O) groups is 1. The van der Waals surface area contributed by atoms with Crippen molar-refractivity contribution < 1.29 is 9.90 Å². The maximum absolute atomic E-state index is 11.3. The molecule has 0 amide bonds. The van der Waals surface area contributed by atoms with Crippen molar-refractivity contribution in [2.75, 3.05) is 0 Å². The number of aromatic nitrogens is 4. The van der Waals surface area contributed by atoms with Crippen LogP contribution in [0.25, 0.3) is 11.4 Å². The second kappa shape index (κ2) is 3.38. The van der Waals surface area contributed by atoms with Gasteiger partial charge in [-0.05, 0) is 25.0 Å². The lowest BCUT2D eigenvalue weighted by Crippen LogP contribution is -2.27. The highest BCUT2D eigenvalue weighted by molar-refractivity contribution is 5.81. The summed E-state index contributed by atoms with van der Waals surface area (Å²) in [7, 11) is 0. The number of carboxylic acids is 1. The first-order chi connectivity index (χ1) is 8.24. The molecule has 0 bridgehead atoms. The van der Waals surface area contributed by atoms with Gasteiger partial charge >= 0.3 is 5.97 Å². The van der Waals surface area contributed by atoms with Crippen molar-refractivity contribution >= 4 is 5.97 Å². The Morgan fingerprint density at radius 2 is 2.06 bits per heavy atom. The molecule has 1 saturated carbocycles. The van der Waals surface area contributed by atoms with E-state index in [4.69, 9.17) is 0 Å². The molecular formula is C11H10N4O2. The first-order valence-corrected chi connectivity index (χ1v) is 5.28. The first kappa shape index (κ1) is 9.95. The molecular weight excluding hydrogens is 220 g/mol. The minimum Gasteiger partial charge on any atom is -0.479 e. The van der Waals surface area contributed by atoms with Gasteiger partial charge in [-0.1, -0.05) is 0 Å². The molecule has 3 rings (SSSR count). The Labute approximate surface area is 96.9 Å². The van der Waals surface area contributed by atoms with Crippen LogP contribution in [0.2, 0.25) is 0 Å². The lowest BCUT2D eigenvalue weighted by Gasteiger charge is -2.13. The van der Waals surface area contributed by atoms with Crippen molar-refractivity contribution in [2.24, 2.45) is 0 Å². The number of pyridine rings is 1. The molecule has 0 spiro atoms. The second-order valence-corrected chi connectivity index (χ2v) is 4.10. The molecule has 1 aliphatic carbocycles. The fourth-order valence-electron chi connectivity index (χ4n) is 1.92. The van der Waals surface area contributed by atoms with Crippen molar-refractivity contribution in [3.8, 4) is 11.4 Å². The van der Waals surface area contributed by atoms with Crippen molar-refractivity contribution in [2.45, 2.75) is 18.4 Å². The average molecular weight is 230 g/mol. The number of hydrogen-bond donors (Lipinski definition) is 1. The van der Waals surface area contributed by atoms with Gasteiger partial charge in [-0.15, -0.1) is 10.2 Å². The quantitative estimate of drug-likeness (QED) is 0.847. The molecule has 1 aliphatic rings. The Morgan fingerprint density at radius 1 is 1.35 bits per heavy atom. The Kier molecular flexibility index (Phi) is 1.98. The van der Waals surface area contributed by atoms with Gasteiger partial charge in [0.25, 0.3) is 0 Å². The van der Waals surface area contributed by atoms with Gasteiger partial charge in [0.15, 0.2) is 5.82 Å². The van der Waals surface area contributed by atoms with E-state index in [-0.39, 0.29) is 0 Å². The maximum atomic E-state index is 11.3. The van der Waals surface area contributed by atoms with Crippen LogP contribution >= 0.6 is 0 Å². The van der Waals surface area contributed by atoms with Crippen LogP contribution in [0.5, 0.6) is 0 Å². The fraction of sp³-hybridized carbons (Fsp3) is 0.273. The normalized spacial score (nSPS) is 16.7. The number of carboxylic acid groups (broad SMARTS) is 1. The van der Waals surface area contributed by atoms with E-state index in [1.165, 1.54) is 6.33 Å². The van der Waals surface area contributed by atoms with Crippen LogP contribution in [0.15, 0.2) is 30.9 Å². The van der Waals surface area contributed by atoms with Crippen LogP contribution in [-0.4, -0.2) is 30.8 Å². The molecule has 0 radical (unpaired) electrons. The summed E-state index contributed by atoms with van der Waals surface area (Å²) in [4.78, 5) is 15.2. The second-order valence-electron chi connectivity index (χ2n) is 4.10. The van der Waals surface area contributed by atoms with Crippen LogP contribution in [-0.2, 0) is 10.3 Å². The van der Waals surface area contributed by atoms with E-state index in [1.807, 2.05) is 0 Å². The van der Waals surface area contributed by atoms with E-state index in [1.54, 1.807) is 29.1 Å². The zero-order valence-corrected chi connectivity index (χ0v) is 8.95. The van der Waals surface area contributed by atoms with Crippen molar-refractivity contribution in [1.29, 1.82) is 0 Å². The van der Waals surface area contributed by atoms with Gasteiger partial charge in [0, 0.05) is 18.0 Å². The molecule has 2 aromatic rings. The van der Waals surface area contributed by atoms with Gasteiger partial charge in [0.2, 0.25) is 0 Å². The van der Waals surface area contributed by atoms with Gasteiger partial charge in [-0.2, -0.15) is 0 Å². The van der Waals surface area contributed by atoms with E-state index in [9.17, 15) is 9.90 Å². The molecule has 0 aliphatic heterocycles. The molecule has 6 heteroatoms. The van der Waals surface area contributed by atoms with E-state index in [2.05, 4.69) is 15.2 Å². The summed E-state index contributed by atoms with van der Waals surface area (Å²) >= 11 is 0. The molecule has 1 fully saturated rings. The van der Waals surface area contributed by atoms with Crippen LogP contribution < -0.4 is 0 Å². The fourth-order valence-corrected chi connectivity index (χ4v) is 1.92. The summed E-state index contributed by atoms with van der Waals surface area (Å²) < 4.78 is 1.64. The van der Waals surface area contributed by atoms with Gasteiger partial charge in [0.1, 0.15) is 11.9 Å². The molecule has 17 heavy (non-hydrogen) atoms. The Balaban J connectivity index is 2.10. The smallest absolute Gasteiger partial charge is 0.329 e. The molecule has 0 saturated heterocycles. The van der Waals surface area contributed by atoms with Crippen molar-refractivity contribution in [1.82, 2.24) is 19.7 Å². The zero-order valence-electron chi connectivity index (χ0n) is 8.95. The SMILES string of the molecule is O=C(O)C1(n2cnnc2-c2ccncc2)CC1. The van der Waals surface area contributed by atoms with Crippen LogP contribution in [0.4, 0.5) is 0 Å². The molecule has 1 N–H and O–H groups in total. The lowest BCUT2D eigenvalue weighted by molar-refractivity contribution is -0.142. The summed E-state index contributed by atoms with van der Waals surface area (Å²) in [5.41, 5.74) is -0.0210. The van der Waals surface area contributed by atoms with E-state index < -0.39 is 11.5 Å². The summed E-state index contributed by atoms with van der Waals surface area (Å²) in [5.74, 6) is -0.250. The number of aliphatic carboxylic acids is 1. The summed E-state index contributed by atoms with van der Waals surface area (Å²) in [6, 6.07) is 3.58. The van der Waals surface area contributed by atoms with Gasteiger partial charge < -0.3 is 5.11 Å². The summed E-state index contributed by atoms with van der Waals surface area (Å²) in [6.07, 6.45) is 6.02. The zero-order chi connectivity index (χ0) is 11.9. The van der Waals surface area contributed by atoms with E-state index in [0.29, 0.717) is 18.7 Å². The van der Waals surface area contributed by atoms with Crippen LogP contribution in [0.1, 0.15) is 12.8 Å². The van der Waals surface area contributed by atoms with E-state index in [0.717, 1.165) is 5.56 Å². The number of rotatable bonds is 3. The van der Waals surface area contributed by atoms with Crippen molar-refractivity contribution in [3.05, 3.63) is 30.9 Å². The van der Waals surface area contributed by atoms with Gasteiger partial charge in [-0.25, -0.2) is 4.79 Å². The van der Waals surface area contributed by atoms with Crippen molar-refractivity contribution in [3.63, 3.8) is 0 Å². The number of hydrogen-bond acceptors (Lipinski definition) is 4. The number of nitrogens with zero attached hydrogens (tertiary/aromatic N) is 4. The largest absolute Gasteiger partial charge is 0.479 e. The van der Waals surface area contributed by atoms with Gasteiger partial charge in [-0.3, -0.25) is 9.55 Å². The molecule has 86 valence electrons. The lowest BCUT2D eigenvalue weighted by atomic mass is 10.2. The molecule has 0 atom stereocenters.